The summed E-state index contributed by atoms with van der Waals surface area (Å²) in [7, 11) is 0. The number of aliphatic hydroxyl groups excluding tert-OH is 1. The molecule has 1 fully saturated rings. The predicted molar refractivity (Wildman–Crippen MR) is 60.8 cm³/mol. The Kier molecular flexibility index (Phi) is 5.37. The molecule has 0 bridgehead atoms. The molecule has 0 aromatic rings. The van der Waals surface area contributed by atoms with Gasteiger partial charge in [-0.2, -0.15) is 0 Å². The molecule has 8 heteroatoms. The molecule has 8 nitrogen and oxygen atoms in total. The molecular formula is C10H17N3O5. The number of hydrogen-bond donors (Lipinski definition) is 5. The topological polar surface area (TPSA) is 128 Å². The Morgan fingerprint density at radius 2 is 1.94 bits per heavy atom. The zero-order chi connectivity index (χ0) is 13.5. The van der Waals surface area contributed by atoms with Crippen LogP contribution in [-0.4, -0.2) is 53.4 Å². The maximum absolute atomic E-state index is 11.3. The summed E-state index contributed by atoms with van der Waals surface area (Å²) in [5, 5.41) is 24.4. The molecule has 1 saturated carbocycles. The molecule has 0 spiro atoms. The fraction of sp³-hybridized carbons (Fsp3) is 0.700. The fourth-order valence-electron chi connectivity index (χ4n) is 1.26. The summed E-state index contributed by atoms with van der Waals surface area (Å²) in [6, 6.07) is -1.70. The number of amides is 3. The maximum atomic E-state index is 11.3. The van der Waals surface area contributed by atoms with Gasteiger partial charge in [-0.3, -0.25) is 4.79 Å². The molecule has 3 amide bonds. The number of carbonyl (C=O) groups is 3. The Morgan fingerprint density at radius 3 is 2.44 bits per heavy atom. The number of urea groups is 1. The minimum absolute atomic E-state index is 0.0863. The molecule has 1 atom stereocenters. The van der Waals surface area contributed by atoms with Gasteiger partial charge in [0.05, 0.1) is 6.54 Å². The van der Waals surface area contributed by atoms with E-state index < -0.39 is 18.0 Å². The van der Waals surface area contributed by atoms with Gasteiger partial charge < -0.3 is 26.2 Å². The zero-order valence-corrected chi connectivity index (χ0v) is 9.81. The van der Waals surface area contributed by atoms with Crippen molar-refractivity contribution in [1.82, 2.24) is 16.0 Å². The van der Waals surface area contributed by atoms with Crippen molar-refractivity contribution < 1.29 is 24.6 Å². The van der Waals surface area contributed by atoms with E-state index in [-0.39, 0.29) is 31.5 Å². The van der Waals surface area contributed by atoms with Crippen molar-refractivity contribution in [3.05, 3.63) is 0 Å². The van der Waals surface area contributed by atoms with Gasteiger partial charge in [-0.1, -0.05) is 0 Å². The third-order valence-electron chi connectivity index (χ3n) is 2.37. The van der Waals surface area contributed by atoms with Gasteiger partial charge in [0.15, 0.2) is 0 Å². The highest BCUT2D eigenvalue weighted by Crippen LogP contribution is 2.18. The van der Waals surface area contributed by atoms with E-state index in [2.05, 4.69) is 16.0 Å². The number of hydrogen-bond acceptors (Lipinski definition) is 4. The minimum atomic E-state index is -1.23. The SMILES string of the molecule is O=C(CNC(=O)N[C@@H](CCO)C(=O)O)NC1CC1. The number of aliphatic hydroxyl groups is 1. The molecule has 1 aliphatic rings. The number of carboxylic acids is 1. The van der Waals surface area contributed by atoms with Gasteiger partial charge in [0.1, 0.15) is 6.04 Å². The predicted octanol–water partition coefficient (Wildman–Crippen LogP) is -1.60. The average molecular weight is 259 g/mol. The van der Waals surface area contributed by atoms with Gasteiger partial charge in [0, 0.05) is 19.1 Å². The second-order valence-electron chi connectivity index (χ2n) is 4.07. The Morgan fingerprint density at radius 1 is 1.28 bits per heavy atom. The van der Waals surface area contributed by atoms with Crippen LogP contribution in [0.15, 0.2) is 0 Å². The number of carboxylic acid groups (broad SMARTS) is 1. The van der Waals surface area contributed by atoms with E-state index in [1.54, 1.807) is 0 Å². The largest absolute Gasteiger partial charge is 0.480 e. The van der Waals surface area contributed by atoms with Crippen LogP contribution in [-0.2, 0) is 9.59 Å². The van der Waals surface area contributed by atoms with Crippen LogP contribution in [0, 0.1) is 0 Å². The first-order valence-corrected chi connectivity index (χ1v) is 5.70. The summed E-state index contributed by atoms with van der Waals surface area (Å²) in [5.74, 6) is -1.54. The Bertz CT molecular complexity index is 329. The van der Waals surface area contributed by atoms with Crippen LogP contribution in [0.25, 0.3) is 0 Å². The zero-order valence-electron chi connectivity index (χ0n) is 9.81. The molecule has 18 heavy (non-hydrogen) atoms. The first kappa shape index (κ1) is 14.2. The molecule has 0 aromatic heterocycles. The van der Waals surface area contributed by atoms with Crippen molar-refractivity contribution in [2.24, 2.45) is 0 Å². The molecule has 0 heterocycles. The van der Waals surface area contributed by atoms with Crippen LogP contribution >= 0.6 is 0 Å². The van der Waals surface area contributed by atoms with E-state index >= 15 is 0 Å². The summed E-state index contributed by atoms with van der Waals surface area (Å²) in [6.07, 6.45) is 1.82. The maximum Gasteiger partial charge on any atom is 0.326 e. The molecule has 0 saturated heterocycles. The molecule has 0 aliphatic heterocycles. The van der Waals surface area contributed by atoms with Crippen LogP contribution in [0.3, 0.4) is 0 Å². The van der Waals surface area contributed by atoms with Gasteiger partial charge >= 0.3 is 12.0 Å². The van der Waals surface area contributed by atoms with Crippen LogP contribution in [0.4, 0.5) is 4.79 Å². The van der Waals surface area contributed by atoms with Gasteiger partial charge in [-0.15, -0.1) is 0 Å². The number of rotatable bonds is 7. The molecule has 0 aromatic carbocycles. The normalized spacial score (nSPS) is 15.6. The molecule has 102 valence electrons. The van der Waals surface area contributed by atoms with Crippen molar-refractivity contribution in [3.63, 3.8) is 0 Å². The van der Waals surface area contributed by atoms with E-state index in [1.165, 1.54) is 0 Å². The lowest BCUT2D eigenvalue weighted by atomic mass is 10.2. The van der Waals surface area contributed by atoms with Crippen LogP contribution in [0.5, 0.6) is 0 Å². The van der Waals surface area contributed by atoms with E-state index in [0.717, 1.165) is 12.8 Å². The molecule has 1 aliphatic carbocycles. The lowest BCUT2D eigenvalue weighted by molar-refractivity contribution is -0.139. The van der Waals surface area contributed by atoms with Gasteiger partial charge in [0.2, 0.25) is 5.91 Å². The third kappa shape index (κ3) is 5.48. The highest BCUT2D eigenvalue weighted by atomic mass is 16.4. The first-order valence-electron chi connectivity index (χ1n) is 5.70. The minimum Gasteiger partial charge on any atom is -0.480 e. The van der Waals surface area contributed by atoms with Gasteiger partial charge in [0.25, 0.3) is 0 Å². The molecule has 0 radical (unpaired) electrons. The lowest BCUT2D eigenvalue weighted by Crippen LogP contribution is -2.48. The van der Waals surface area contributed by atoms with Crippen molar-refractivity contribution in [1.29, 1.82) is 0 Å². The van der Waals surface area contributed by atoms with E-state index in [1.807, 2.05) is 0 Å². The van der Waals surface area contributed by atoms with E-state index in [4.69, 9.17) is 10.2 Å². The Hall–Kier alpha value is -1.83. The van der Waals surface area contributed by atoms with Crippen molar-refractivity contribution in [2.45, 2.75) is 31.3 Å². The Labute approximate surface area is 104 Å². The Balaban J connectivity index is 2.21. The van der Waals surface area contributed by atoms with Crippen LogP contribution in [0.1, 0.15) is 19.3 Å². The smallest absolute Gasteiger partial charge is 0.326 e. The number of nitrogens with one attached hydrogen (secondary N) is 3. The van der Waals surface area contributed by atoms with Crippen molar-refractivity contribution in [3.8, 4) is 0 Å². The fourth-order valence-corrected chi connectivity index (χ4v) is 1.26. The van der Waals surface area contributed by atoms with Crippen molar-refractivity contribution in [2.75, 3.05) is 13.2 Å². The summed E-state index contributed by atoms with van der Waals surface area (Å²) in [5.41, 5.74) is 0. The first-order chi connectivity index (χ1) is 8.52. The number of aliphatic carboxylic acids is 1. The second-order valence-corrected chi connectivity index (χ2v) is 4.07. The lowest BCUT2D eigenvalue weighted by Gasteiger charge is -2.13. The summed E-state index contributed by atoms with van der Waals surface area (Å²) in [4.78, 5) is 33.2. The molecule has 0 unspecified atom stereocenters. The highest BCUT2D eigenvalue weighted by molar-refractivity contribution is 5.86. The van der Waals surface area contributed by atoms with E-state index in [0.29, 0.717) is 0 Å². The van der Waals surface area contributed by atoms with Gasteiger partial charge in [-0.25, -0.2) is 9.59 Å². The van der Waals surface area contributed by atoms with Crippen molar-refractivity contribution >= 4 is 17.9 Å². The summed E-state index contributed by atoms with van der Waals surface area (Å²) >= 11 is 0. The second kappa shape index (κ2) is 6.80. The molecule has 5 N–H and O–H groups in total. The molecule has 1 rings (SSSR count). The monoisotopic (exact) mass is 259 g/mol. The average Bonchev–Trinajstić information content (AvgIpc) is 3.09. The van der Waals surface area contributed by atoms with Gasteiger partial charge in [-0.05, 0) is 12.8 Å². The highest BCUT2D eigenvalue weighted by Gasteiger charge is 2.23. The molecular weight excluding hydrogens is 242 g/mol. The number of carbonyl (C=O) groups excluding carboxylic acids is 2. The summed E-state index contributed by atoms with van der Waals surface area (Å²) < 4.78 is 0. The third-order valence-corrected chi connectivity index (χ3v) is 2.37. The standard InChI is InChI=1S/C10H17N3O5/c14-4-3-7(9(16)17)13-10(18)11-5-8(15)12-6-1-2-6/h6-7,14H,1-5H2,(H,12,15)(H,16,17)(H2,11,13,18)/t7-/m0/s1. The van der Waals surface area contributed by atoms with E-state index in [9.17, 15) is 14.4 Å². The van der Waals surface area contributed by atoms with Crippen LogP contribution < -0.4 is 16.0 Å². The quantitative estimate of drug-likeness (QED) is 0.376. The van der Waals surface area contributed by atoms with Crippen LogP contribution in [0.2, 0.25) is 0 Å². The summed E-state index contributed by atoms with van der Waals surface area (Å²) in [6.45, 7) is -0.548.